The van der Waals surface area contributed by atoms with Gasteiger partial charge in [0.1, 0.15) is 5.82 Å². The number of hydrogen-bond donors (Lipinski definition) is 3. The molecule has 6 nitrogen and oxygen atoms in total. The molecule has 4 N–H and O–H groups in total. The number of aromatic nitrogens is 2. The lowest BCUT2D eigenvalue weighted by Gasteiger charge is -2.13. The van der Waals surface area contributed by atoms with Gasteiger partial charge in [-0.15, -0.1) is 0 Å². The van der Waals surface area contributed by atoms with Gasteiger partial charge >= 0.3 is 0 Å². The lowest BCUT2D eigenvalue weighted by Crippen LogP contribution is -2.13. The van der Waals surface area contributed by atoms with E-state index in [1.165, 1.54) is 0 Å². The fourth-order valence-corrected chi connectivity index (χ4v) is 1.69. The molecule has 1 atom stereocenters. The molecular formula is C14H18N4O2. The van der Waals surface area contributed by atoms with Crippen molar-refractivity contribution in [2.45, 2.75) is 13.0 Å². The Morgan fingerprint density at radius 3 is 2.75 bits per heavy atom. The molecule has 0 saturated carbocycles. The third-order valence-corrected chi connectivity index (χ3v) is 2.70. The molecule has 20 heavy (non-hydrogen) atoms. The zero-order valence-corrected chi connectivity index (χ0v) is 11.3. The summed E-state index contributed by atoms with van der Waals surface area (Å²) in [4.78, 5) is 8.23. The second-order valence-electron chi connectivity index (χ2n) is 4.24. The fourth-order valence-electron chi connectivity index (χ4n) is 1.69. The third kappa shape index (κ3) is 3.83. The maximum atomic E-state index is 10.1. The van der Waals surface area contributed by atoms with E-state index in [1.807, 2.05) is 6.92 Å². The lowest BCUT2D eigenvalue weighted by atomic mass is 10.1. The summed E-state index contributed by atoms with van der Waals surface area (Å²) in [6.45, 7) is 2.74. The van der Waals surface area contributed by atoms with Crippen molar-refractivity contribution in [1.29, 1.82) is 0 Å². The van der Waals surface area contributed by atoms with Crippen LogP contribution in [0, 0.1) is 0 Å². The van der Waals surface area contributed by atoms with Crippen LogP contribution in [0.4, 0.5) is 11.5 Å². The first-order valence-corrected chi connectivity index (χ1v) is 6.41. The standard InChI is InChI=1S/C14H18N4O2/c1-2-20-14-9-16-8-13(18-14)17-7-12(19)10-3-5-11(15)6-4-10/h3-6,8-9,12,19H,2,7,15H2,1H3,(H,17,18). The van der Waals surface area contributed by atoms with Gasteiger partial charge in [0, 0.05) is 12.2 Å². The molecule has 1 unspecified atom stereocenters. The monoisotopic (exact) mass is 274 g/mol. The Kier molecular flexibility index (Phi) is 4.73. The normalized spacial score (nSPS) is 11.9. The Balaban J connectivity index is 1.94. The number of nitrogen functional groups attached to an aromatic ring is 1. The average molecular weight is 274 g/mol. The van der Waals surface area contributed by atoms with Crippen molar-refractivity contribution in [3.63, 3.8) is 0 Å². The molecule has 2 rings (SSSR count). The number of ether oxygens (including phenoxy) is 1. The maximum Gasteiger partial charge on any atom is 0.234 e. The molecule has 0 saturated heterocycles. The quantitative estimate of drug-likeness (QED) is 0.693. The molecule has 106 valence electrons. The number of aliphatic hydroxyl groups is 1. The molecule has 0 aliphatic heterocycles. The van der Waals surface area contributed by atoms with Gasteiger partial charge in [0.2, 0.25) is 5.88 Å². The highest BCUT2D eigenvalue weighted by molar-refractivity contribution is 5.40. The highest BCUT2D eigenvalue weighted by atomic mass is 16.5. The number of rotatable bonds is 6. The minimum atomic E-state index is -0.645. The van der Waals surface area contributed by atoms with E-state index in [2.05, 4.69) is 15.3 Å². The van der Waals surface area contributed by atoms with Crippen LogP contribution in [0.15, 0.2) is 36.7 Å². The number of benzene rings is 1. The van der Waals surface area contributed by atoms with Gasteiger partial charge in [-0.25, -0.2) is 0 Å². The molecule has 1 aromatic heterocycles. The zero-order valence-electron chi connectivity index (χ0n) is 11.3. The van der Waals surface area contributed by atoms with Crippen LogP contribution in [-0.4, -0.2) is 28.2 Å². The number of nitrogens with two attached hydrogens (primary N) is 1. The number of anilines is 2. The summed E-state index contributed by atoms with van der Waals surface area (Å²) < 4.78 is 5.26. The molecule has 1 aromatic carbocycles. The van der Waals surface area contributed by atoms with Crippen molar-refractivity contribution in [1.82, 2.24) is 9.97 Å². The van der Waals surface area contributed by atoms with E-state index >= 15 is 0 Å². The third-order valence-electron chi connectivity index (χ3n) is 2.70. The van der Waals surface area contributed by atoms with E-state index < -0.39 is 6.10 Å². The predicted octanol–water partition coefficient (Wildman–Crippen LogP) is 1.60. The summed E-state index contributed by atoms with van der Waals surface area (Å²) in [7, 11) is 0. The van der Waals surface area contributed by atoms with Crippen LogP contribution in [0.5, 0.6) is 5.88 Å². The summed E-state index contributed by atoms with van der Waals surface area (Å²) in [5.74, 6) is 1.02. The van der Waals surface area contributed by atoms with Crippen LogP contribution in [0.3, 0.4) is 0 Å². The molecular weight excluding hydrogens is 256 g/mol. The van der Waals surface area contributed by atoms with Crippen LogP contribution < -0.4 is 15.8 Å². The molecule has 0 amide bonds. The Hall–Kier alpha value is -2.34. The van der Waals surface area contributed by atoms with Gasteiger partial charge in [0.25, 0.3) is 0 Å². The van der Waals surface area contributed by atoms with Gasteiger partial charge in [-0.05, 0) is 24.6 Å². The summed E-state index contributed by atoms with van der Waals surface area (Å²) >= 11 is 0. The number of hydrogen-bond acceptors (Lipinski definition) is 6. The topological polar surface area (TPSA) is 93.3 Å². The van der Waals surface area contributed by atoms with Gasteiger partial charge in [0.05, 0.1) is 25.1 Å². The molecule has 0 aliphatic carbocycles. The number of aliphatic hydroxyl groups excluding tert-OH is 1. The molecule has 1 heterocycles. The van der Waals surface area contributed by atoms with E-state index in [-0.39, 0.29) is 0 Å². The van der Waals surface area contributed by atoms with E-state index in [9.17, 15) is 5.11 Å². The van der Waals surface area contributed by atoms with Crippen molar-refractivity contribution < 1.29 is 9.84 Å². The molecule has 6 heteroatoms. The van der Waals surface area contributed by atoms with Gasteiger partial charge in [-0.3, -0.25) is 4.98 Å². The summed E-state index contributed by atoms with van der Waals surface area (Å²) in [5, 5.41) is 13.1. The van der Waals surface area contributed by atoms with Crippen LogP contribution in [0.25, 0.3) is 0 Å². The van der Waals surface area contributed by atoms with Crippen molar-refractivity contribution >= 4 is 11.5 Å². The summed E-state index contributed by atoms with van der Waals surface area (Å²) in [6.07, 6.45) is 2.48. The minimum absolute atomic E-state index is 0.328. The van der Waals surface area contributed by atoms with Gasteiger partial charge in [0.15, 0.2) is 0 Å². The first-order chi connectivity index (χ1) is 9.69. The molecule has 2 aromatic rings. The number of nitrogens with zero attached hydrogens (tertiary/aromatic N) is 2. The Bertz CT molecular complexity index is 545. The molecule has 0 radical (unpaired) electrons. The van der Waals surface area contributed by atoms with E-state index in [0.717, 1.165) is 5.56 Å². The first kappa shape index (κ1) is 14.1. The van der Waals surface area contributed by atoms with E-state index in [4.69, 9.17) is 10.5 Å². The van der Waals surface area contributed by atoms with Crippen molar-refractivity contribution in [3.8, 4) is 5.88 Å². The highest BCUT2D eigenvalue weighted by Gasteiger charge is 2.08. The zero-order chi connectivity index (χ0) is 14.4. The molecule has 0 fully saturated rings. The largest absolute Gasteiger partial charge is 0.477 e. The summed E-state index contributed by atoms with van der Waals surface area (Å²) in [6, 6.07) is 7.11. The Morgan fingerprint density at radius 2 is 2.05 bits per heavy atom. The van der Waals surface area contributed by atoms with E-state index in [0.29, 0.717) is 30.5 Å². The fraction of sp³-hybridized carbons (Fsp3) is 0.286. The second kappa shape index (κ2) is 6.72. The Morgan fingerprint density at radius 1 is 1.30 bits per heavy atom. The summed E-state index contributed by atoms with van der Waals surface area (Å²) in [5.41, 5.74) is 7.07. The number of nitrogens with one attached hydrogen (secondary N) is 1. The maximum absolute atomic E-state index is 10.1. The van der Waals surface area contributed by atoms with Crippen molar-refractivity contribution in [3.05, 3.63) is 42.2 Å². The highest BCUT2D eigenvalue weighted by Crippen LogP contribution is 2.16. The Labute approximate surface area is 117 Å². The van der Waals surface area contributed by atoms with Crippen LogP contribution in [0.2, 0.25) is 0 Å². The SMILES string of the molecule is CCOc1cncc(NCC(O)c2ccc(N)cc2)n1. The van der Waals surface area contributed by atoms with Crippen molar-refractivity contribution in [2.24, 2.45) is 0 Å². The smallest absolute Gasteiger partial charge is 0.234 e. The van der Waals surface area contributed by atoms with Gasteiger partial charge in [-0.2, -0.15) is 4.98 Å². The lowest BCUT2D eigenvalue weighted by molar-refractivity contribution is 0.191. The van der Waals surface area contributed by atoms with Gasteiger partial charge in [-0.1, -0.05) is 12.1 Å². The van der Waals surface area contributed by atoms with Gasteiger partial charge < -0.3 is 20.9 Å². The molecule has 0 aliphatic rings. The van der Waals surface area contributed by atoms with E-state index in [1.54, 1.807) is 36.7 Å². The van der Waals surface area contributed by atoms with Crippen LogP contribution in [-0.2, 0) is 0 Å². The average Bonchev–Trinajstić information content (AvgIpc) is 2.46. The second-order valence-corrected chi connectivity index (χ2v) is 4.24. The minimum Gasteiger partial charge on any atom is -0.477 e. The molecule has 0 bridgehead atoms. The van der Waals surface area contributed by atoms with Crippen molar-refractivity contribution in [2.75, 3.05) is 24.2 Å². The molecule has 0 spiro atoms. The first-order valence-electron chi connectivity index (χ1n) is 6.41. The van der Waals surface area contributed by atoms with Crippen LogP contribution in [0.1, 0.15) is 18.6 Å². The predicted molar refractivity (Wildman–Crippen MR) is 77.5 cm³/mol. The van der Waals surface area contributed by atoms with Crippen LogP contribution >= 0.6 is 0 Å².